The van der Waals surface area contributed by atoms with E-state index in [1.807, 2.05) is 72.8 Å². The largest absolute Gasteiger partial charge is 0.486 e. The van der Waals surface area contributed by atoms with E-state index in [9.17, 15) is 9.59 Å². The average Bonchev–Trinajstić information content (AvgIpc) is 3.19. The zero-order chi connectivity index (χ0) is 21.2. The molecule has 6 nitrogen and oxygen atoms in total. The second kappa shape index (κ2) is 8.14. The maximum atomic E-state index is 12.7. The van der Waals surface area contributed by atoms with E-state index >= 15 is 0 Å². The number of benzene rings is 3. The number of amides is 2. The lowest BCUT2D eigenvalue weighted by Gasteiger charge is -2.22. The molecule has 6 heteroatoms. The van der Waals surface area contributed by atoms with E-state index in [1.54, 1.807) is 4.90 Å². The summed E-state index contributed by atoms with van der Waals surface area (Å²) in [6.07, 6.45) is 0.266. The van der Waals surface area contributed by atoms with Crippen LogP contribution < -0.4 is 19.7 Å². The molecule has 2 aliphatic heterocycles. The normalized spacial score (nSPS) is 17.5. The van der Waals surface area contributed by atoms with Crippen molar-refractivity contribution in [1.29, 1.82) is 0 Å². The molecule has 31 heavy (non-hydrogen) atoms. The first-order valence-electron chi connectivity index (χ1n) is 10.3. The molecule has 156 valence electrons. The molecular formula is C25H22N2O4. The highest BCUT2D eigenvalue weighted by Gasteiger charge is 2.32. The monoisotopic (exact) mass is 414 g/mol. The van der Waals surface area contributed by atoms with E-state index in [0.29, 0.717) is 36.8 Å². The van der Waals surface area contributed by atoms with Crippen LogP contribution in [-0.4, -0.2) is 37.6 Å². The lowest BCUT2D eigenvalue weighted by Crippen LogP contribution is -2.37. The number of ether oxygens (including phenoxy) is 2. The van der Waals surface area contributed by atoms with Crippen LogP contribution in [0.2, 0.25) is 0 Å². The van der Waals surface area contributed by atoms with Gasteiger partial charge in [-0.3, -0.25) is 9.59 Å². The predicted octanol–water partition coefficient (Wildman–Crippen LogP) is 3.66. The fourth-order valence-corrected chi connectivity index (χ4v) is 3.97. The van der Waals surface area contributed by atoms with E-state index in [1.165, 1.54) is 0 Å². The van der Waals surface area contributed by atoms with Gasteiger partial charge in [-0.1, -0.05) is 42.5 Å². The van der Waals surface area contributed by atoms with Gasteiger partial charge >= 0.3 is 0 Å². The van der Waals surface area contributed by atoms with E-state index in [4.69, 9.17) is 9.47 Å². The van der Waals surface area contributed by atoms with Crippen molar-refractivity contribution in [1.82, 2.24) is 5.32 Å². The van der Waals surface area contributed by atoms with Gasteiger partial charge in [-0.2, -0.15) is 0 Å². The Balaban J connectivity index is 1.25. The van der Waals surface area contributed by atoms with Gasteiger partial charge < -0.3 is 19.7 Å². The predicted molar refractivity (Wildman–Crippen MR) is 118 cm³/mol. The molecule has 2 heterocycles. The van der Waals surface area contributed by atoms with Crippen LogP contribution in [0.4, 0.5) is 5.69 Å². The van der Waals surface area contributed by atoms with Gasteiger partial charge in [0.25, 0.3) is 5.91 Å². The summed E-state index contributed by atoms with van der Waals surface area (Å²) < 4.78 is 11.2. The number of rotatable bonds is 4. The first-order chi connectivity index (χ1) is 15.2. The Bertz CT molecular complexity index is 1110. The Kier molecular flexibility index (Phi) is 5.04. The Morgan fingerprint density at radius 1 is 0.871 bits per heavy atom. The highest BCUT2D eigenvalue weighted by Crippen LogP contribution is 2.35. The SMILES string of the molecule is O=C(NC1CC(=O)N(c2ccc3c(c2)OCCO3)C1)c1ccc(-c2ccccc2)cc1. The molecule has 0 aliphatic carbocycles. The Morgan fingerprint density at radius 3 is 2.35 bits per heavy atom. The van der Waals surface area contributed by atoms with Gasteiger partial charge in [-0.25, -0.2) is 0 Å². The summed E-state index contributed by atoms with van der Waals surface area (Å²) in [4.78, 5) is 27.0. The summed E-state index contributed by atoms with van der Waals surface area (Å²) in [5.41, 5.74) is 3.48. The maximum absolute atomic E-state index is 12.7. The zero-order valence-corrected chi connectivity index (χ0v) is 16.9. The fourth-order valence-electron chi connectivity index (χ4n) is 3.97. The van der Waals surface area contributed by atoms with Crippen molar-refractivity contribution >= 4 is 17.5 Å². The fraction of sp³-hybridized carbons (Fsp3) is 0.200. The van der Waals surface area contributed by atoms with Crippen LogP contribution in [0.5, 0.6) is 11.5 Å². The third-order valence-corrected chi connectivity index (χ3v) is 5.55. The molecule has 5 rings (SSSR count). The minimum atomic E-state index is -0.248. The van der Waals surface area contributed by atoms with Crippen LogP contribution in [0.15, 0.2) is 72.8 Å². The van der Waals surface area contributed by atoms with Gasteiger partial charge in [0, 0.05) is 30.3 Å². The molecule has 0 saturated carbocycles. The quantitative estimate of drug-likeness (QED) is 0.708. The summed E-state index contributed by atoms with van der Waals surface area (Å²) in [7, 11) is 0. The molecule has 1 fully saturated rings. The molecule has 1 N–H and O–H groups in total. The van der Waals surface area contributed by atoms with E-state index in [2.05, 4.69) is 5.32 Å². The molecule has 1 atom stereocenters. The van der Waals surface area contributed by atoms with E-state index < -0.39 is 0 Å². The third-order valence-electron chi connectivity index (χ3n) is 5.55. The number of nitrogens with zero attached hydrogens (tertiary/aromatic N) is 1. The van der Waals surface area contributed by atoms with Gasteiger partial charge in [0.2, 0.25) is 5.91 Å². The number of fused-ring (bicyclic) bond motifs is 1. The number of carbonyl (C=O) groups is 2. The van der Waals surface area contributed by atoms with Gasteiger partial charge in [0.15, 0.2) is 11.5 Å². The molecule has 2 amide bonds. The second-order valence-electron chi connectivity index (χ2n) is 7.65. The van der Waals surface area contributed by atoms with Gasteiger partial charge in [0.1, 0.15) is 13.2 Å². The van der Waals surface area contributed by atoms with E-state index in [0.717, 1.165) is 16.8 Å². The molecule has 3 aromatic rings. The third kappa shape index (κ3) is 3.97. The van der Waals surface area contributed by atoms with Crippen LogP contribution in [0.25, 0.3) is 11.1 Å². The first kappa shape index (κ1) is 19.2. The molecule has 1 saturated heterocycles. The molecule has 2 aliphatic rings. The summed E-state index contributed by atoms with van der Waals surface area (Å²) in [5.74, 6) is 1.12. The van der Waals surface area contributed by atoms with Crippen molar-refractivity contribution in [3.05, 3.63) is 78.4 Å². The zero-order valence-electron chi connectivity index (χ0n) is 16.9. The summed E-state index contributed by atoms with van der Waals surface area (Å²) in [6, 6.07) is 22.7. The summed E-state index contributed by atoms with van der Waals surface area (Å²) >= 11 is 0. The molecule has 0 spiro atoms. The van der Waals surface area contributed by atoms with Crippen LogP contribution >= 0.6 is 0 Å². The van der Waals surface area contributed by atoms with E-state index in [-0.39, 0.29) is 24.3 Å². The van der Waals surface area contributed by atoms with Crippen molar-refractivity contribution < 1.29 is 19.1 Å². The minimum absolute atomic E-state index is 0.0265. The molecule has 0 aromatic heterocycles. The molecule has 1 unspecified atom stereocenters. The maximum Gasteiger partial charge on any atom is 0.251 e. The number of anilines is 1. The van der Waals surface area contributed by atoms with Crippen molar-refractivity contribution in [2.75, 3.05) is 24.7 Å². The first-order valence-corrected chi connectivity index (χ1v) is 10.3. The van der Waals surface area contributed by atoms with Crippen molar-refractivity contribution in [3.8, 4) is 22.6 Å². The molecule has 3 aromatic carbocycles. The minimum Gasteiger partial charge on any atom is -0.486 e. The van der Waals surface area contributed by atoms with Crippen LogP contribution in [0.3, 0.4) is 0 Å². The smallest absolute Gasteiger partial charge is 0.251 e. The van der Waals surface area contributed by atoms with Crippen LogP contribution in [0.1, 0.15) is 16.8 Å². The number of hydrogen-bond donors (Lipinski definition) is 1. The summed E-state index contributed by atoms with van der Waals surface area (Å²) in [6.45, 7) is 1.44. The lowest BCUT2D eigenvalue weighted by molar-refractivity contribution is -0.117. The lowest BCUT2D eigenvalue weighted by atomic mass is 10.0. The summed E-state index contributed by atoms with van der Waals surface area (Å²) in [5, 5.41) is 2.99. The number of nitrogens with one attached hydrogen (secondary N) is 1. The van der Waals surface area contributed by atoms with Crippen molar-refractivity contribution in [2.45, 2.75) is 12.5 Å². The van der Waals surface area contributed by atoms with Gasteiger partial charge in [-0.15, -0.1) is 0 Å². The van der Waals surface area contributed by atoms with Gasteiger partial charge in [-0.05, 0) is 35.4 Å². The standard InChI is InChI=1S/C25H22N2O4/c28-24-14-20(16-27(24)21-10-11-22-23(15-21)31-13-12-30-22)26-25(29)19-8-6-18(7-9-19)17-4-2-1-3-5-17/h1-11,15,20H,12-14,16H2,(H,26,29). The second-order valence-corrected chi connectivity index (χ2v) is 7.65. The topological polar surface area (TPSA) is 67.9 Å². The number of hydrogen-bond acceptors (Lipinski definition) is 4. The van der Waals surface area contributed by atoms with Crippen molar-refractivity contribution in [2.24, 2.45) is 0 Å². The number of carbonyl (C=O) groups excluding carboxylic acids is 2. The molecule has 0 radical (unpaired) electrons. The van der Waals surface area contributed by atoms with Crippen molar-refractivity contribution in [3.63, 3.8) is 0 Å². The molecule has 0 bridgehead atoms. The van der Waals surface area contributed by atoms with Crippen LogP contribution in [-0.2, 0) is 4.79 Å². The Labute approximate surface area is 180 Å². The molecular weight excluding hydrogens is 392 g/mol. The Hall–Kier alpha value is -3.80. The average molecular weight is 414 g/mol. The highest BCUT2D eigenvalue weighted by atomic mass is 16.6. The highest BCUT2D eigenvalue weighted by molar-refractivity contribution is 5.99. The van der Waals surface area contributed by atoms with Crippen LogP contribution in [0, 0.1) is 0 Å². The Morgan fingerprint density at radius 2 is 1.58 bits per heavy atom. The van der Waals surface area contributed by atoms with Gasteiger partial charge in [0.05, 0.1) is 6.04 Å².